The van der Waals surface area contributed by atoms with E-state index in [1.165, 1.54) is 0 Å². The van der Waals surface area contributed by atoms with Crippen LogP contribution in [0.3, 0.4) is 0 Å². The summed E-state index contributed by atoms with van der Waals surface area (Å²) in [4.78, 5) is 15.0. The van der Waals surface area contributed by atoms with E-state index in [9.17, 15) is 4.79 Å². The lowest BCUT2D eigenvalue weighted by Crippen LogP contribution is -2.36. The summed E-state index contributed by atoms with van der Waals surface area (Å²) in [6.07, 6.45) is 2.18. The molecule has 1 aliphatic rings. The lowest BCUT2D eigenvalue weighted by Gasteiger charge is -2.24. The minimum Gasteiger partial charge on any atom is -0.335 e. The molecule has 1 aromatic carbocycles. The summed E-state index contributed by atoms with van der Waals surface area (Å²) in [6, 6.07) is 10.4. The van der Waals surface area contributed by atoms with Crippen molar-refractivity contribution < 1.29 is 4.79 Å². The van der Waals surface area contributed by atoms with Gasteiger partial charge in [-0.25, -0.2) is 4.68 Å². The molecule has 0 N–H and O–H groups in total. The largest absolute Gasteiger partial charge is 0.335 e. The third kappa shape index (κ3) is 3.64. The van der Waals surface area contributed by atoms with Gasteiger partial charge in [-0.1, -0.05) is 55.8 Å². The van der Waals surface area contributed by atoms with Crippen molar-refractivity contribution in [2.45, 2.75) is 46.2 Å². The van der Waals surface area contributed by atoms with Gasteiger partial charge < -0.3 is 4.90 Å². The first kappa shape index (κ1) is 17.0. The van der Waals surface area contributed by atoms with Gasteiger partial charge in [-0.3, -0.25) is 4.79 Å². The molecule has 0 spiro atoms. The Morgan fingerprint density at radius 2 is 2.00 bits per heavy atom. The second kappa shape index (κ2) is 6.98. The van der Waals surface area contributed by atoms with Crippen molar-refractivity contribution in [3.05, 3.63) is 52.3 Å². The van der Waals surface area contributed by atoms with E-state index in [4.69, 9.17) is 11.6 Å². The Morgan fingerprint density at radius 1 is 1.33 bits per heavy atom. The van der Waals surface area contributed by atoms with E-state index in [0.717, 1.165) is 24.9 Å². The monoisotopic (exact) mass is 345 g/mol. The van der Waals surface area contributed by atoms with Crippen LogP contribution >= 0.6 is 11.6 Å². The summed E-state index contributed by atoms with van der Waals surface area (Å²) in [6.45, 7) is 7.47. The first-order valence-electron chi connectivity index (χ1n) is 8.55. The smallest absolute Gasteiger partial charge is 0.259 e. The first-order valence-corrected chi connectivity index (χ1v) is 8.93. The Balaban J connectivity index is 1.86. The molecule has 1 fully saturated rings. The molecule has 1 amide bonds. The van der Waals surface area contributed by atoms with Crippen molar-refractivity contribution in [2.75, 3.05) is 6.54 Å². The van der Waals surface area contributed by atoms with Crippen LogP contribution in [0.2, 0.25) is 5.15 Å². The van der Waals surface area contributed by atoms with Gasteiger partial charge in [0.05, 0.1) is 17.8 Å². The van der Waals surface area contributed by atoms with Gasteiger partial charge in [0, 0.05) is 12.6 Å². The molecule has 1 saturated carbocycles. The van der Waals surface area contributed by atoms with E-state index in [0.29, 0.717) is 34.9 Å². The van der Waals surface area contributed by atoms with Crippen LogP contribution in [0, 0.1) is 12.8 Å². The highest BCUT2D eigenvalue weighted by atomic mass is 35.5. The van der Waals surface area contributed by atoms with Crippen LogP contribution in [0.25, 0.3) is 0 Å². The molecule has 4 nitrogen and oxygen atoms in total. The number of aryl methyl sites for hydroxylation is 1. The minimum atomic E-state index is 0.0213. The van der Waals surface area contributed by atoms with Crippen molar-refractivity contribution in [1.82, 2.24) is 14.7 Å². The number of aromatic nitrogens is 2. The third-order valence-corrected chi connectivity index (χ3v) is 4.65. The fourth-order valence-electron chi connectivity index (χ4n) is 2.98. The molecule has 1 aliphatic carbocycles. The van der Waals surface area contributed by atoms with Gasteiger partial charge in [0.25, 0.3) is 5.91 Å². The lowest BCUT2D eigenvalue weighted by molar-refractivity contribution is 0.0722. The van der Waals surface area contributed by atoms with Gasteiger partial charge >= 0.3 is 0 Å². The molecule has 128 valence electrons. The number of carbonyl (C=O) groups is 1. The number of hydrogen-bond donors (Lipinski definition) is 0. The maximum absolute atomic E-state index is 13.1. The van der Waals surface area contributed by atoms with E-state index < -0.39 is 0 Å². The van der Waals surface area contributed by atoms with Crippen molar-refractivity contribution in [3.8, 4) is 0 Å². The molecule has 1 heterocycles. The van der Waals surface area contributed by atoms with E-state index in [1.807, 2.05) is 42.2 Å². The third-order valence-electron chi connectivity index (χ3n) is 4.26. The molecule has 2 aromatic rings. The average molecular weight is 346 g/mol. The van der Waals surface area contributed by atoms with Crippen LogP contribution in [0.5, 0.6) is 0 Å². The number of halogens is 1. The van der Waals surface area contributed by atoms with E-state index in [1.54, 1.807) is 4.68 Å². The fraction of sp³-hybridized carbons (Fsp3) is 0.474. The number of rotatable bonds is 6. The Labute approximate surface area is 148 Å². The van der Waals surface area contributed by atoms with Gasteiger partial charge in [-0.2, -0.15) is 5.10 Å². The van der Waals surface area contributed by atoms with Gasteiger partial charge in [0.15, 0.2) is 0 Å². The standard InChI is InChI=1S/C19H24ClN3O/c1-13(2)11-22(16-9-10-16)19(24)17-14(3)21-23(18(17)20)12-15-7-5-4-6-8-15/h4-8,13,16H,9-12H2,1-3H3. The minimum absolute atomic E-state index is 0.0213. The second-order valence-electron chi connectivity index (χ2n) is 6.98. The Hall–Kier alpha value is -1.81. The molecule has 0 bridgehead atoms. The summed E-state index contributed by atoms with van der Waals surface area (Å²) >= 11 is 6.53. The molecule has 0 aliphatic heterocycles. The van der Waals surface area contributed by atoms with Gasteiger partial charge in [-0.05, 0) is 31.2 Å². The highest BCUT2D eigenvalue weighted by molar-refractivity contribution is 6.33. The fourth-order valence-corrected chi connectivity index (χ4v) is 3.29. The summed E-state index contributed by atoms with van der Waals surface area (Å²) < 4.78 is 1.72. The summed E-state index contributed by atoms with van der Waals surface area (Å²) in [7, 11) is 0. The molecule has 24 heavy (non-hydrogen) atoms. The predicted molar refractivity (Wildman–Crippen MR) is 96.4 cm³/mol. The van der Waals surface area contributed by atoms with Crippen molar-refractivity contribution in [3.63, 3.8) is 0 Å². The van der Waals surface area contributed by atoms with Crippen LogP contribution in [0.15, 0.2) is 30.3 Å². The molecule has 5 heteroatoms. The highest BCUT2D eigenvalue weighted by Gasteiger charge is 2.35. The molecule has 3 rings (SSSR count). The zero-order chi connectivity index (χ0) is 17.3. The Kier molecular flexibility index (Phi) is 4.95. The van der Waals surface area contributed by atoms with Crippen molar-refractivity contribution in [2.24, 2.45) is 5.92 Å². The molecule has 1 aromatic heterocycles. The van der Waals surface area contributed by atoms with Crippen molar-refractivity contribution in [1.29, 1.82) is 0 Å². The van der Waals surface area contributed by atoms with Crippen molar-refractivity contribution >= 4 is 17.5 Å². The maximum Gasteiger partial charge on any atom is 0.259 e. The summed E-state index contributed by atoms with van der Waals surface area (Å²) in [5.41, 5.74) is 2.37. The number of carbonyl (C=O) groups excluding carboxylic acids is 1. The quantitative estimate of drug-likeness (QED) is 0.788. The van der Waals surface area contributed by atoms with Crippen LogP contribution < -0.4 is 0 Å². The van der Waals surface area contributed by atoms with Crippen LogP contribution in [-0.4, -0.2) is 33.2 Å². The first-order chi connectivity index (χ1) is 11.5. The van der Waals surface area contributed by atoms with E-state index in [2.05, 4.69) is 18.9 Å². The zero-order valence-corrected chi connectivity index (χ0v) is 15.3. The predicted octanol–water partition coefficient (Wildman–Crippen LogP) is 4.15. The zero-order valence-electron chi connectivity index (χ0n) is 14.5. The number of amides is 1. The number of hydrogen-bond acceptors (Lipinski definition) is 2. The molecule has 0 radical (unpaired) electrons. The van der Waals surface area contributed by atoms with Crippen LogP contribution in [-0.2, 0) is 6.54 Å². The Morgan fingerprint density at radius 3 is 2.58 bits per heavy atom. The molecule has 0 atom stereocenters. The average Bonchev–Trinajstić information content (AvgIpc) is 3.33. The van der Waals surface area contributed by atoms with Gasteiger partial charge in [-0.15, -0.1) is 0 Å². The Bertz CT molecular complexity index is 720. The lowest BCUT2D eigenvalue weighted by atomic mass is 10.1. The summed E-state index contributed by atoms with van der Waals surface area (Å²) in [5.74, 6) is 0.459. The molecule has 0 unspecified atom stereocenters. The van der Waals surface area contributed by atoms with E-state index >= 15 is 0 Å². The van der Waals surface area contributed by atoms with Gasteiger partial charge in [0.2, 0.25) is 0 Å². The van der Waals surface area contributed by atoms with Crippen LogP contribution in [0.1, 0.15) is 48.3 Å². The molecular weight excluding hydrogens is 322 g/mol. The highest BCUT2D eigenvalue weighted by Crippen LogP contribution is 2.31. The topological polar surface area (TPSA) is 38.1 Å². The number of nitrogens with zero attached hydrogens (tertiary/aromatic N) is 3. The second-order valence-corrected chi connectivity index (χ2v) is 7.34. The molecule has 0 saturated heterocycles. The van der Waals surface area contributed by atoms with Gasteiger partial charge in [0.1, 0.15) is 5.15 Å². The SMILES string of the molecule is Cc1nn(Cc2ccccc2)c(Cl)c1C(=O)N(CC(C)C)C1CC1. The molecular formula is C19H24ClN3O. The normalized spacial score (nSPS) is 14.2. The maximum atomic E-state index is 13.1. The van der Waals surface area contributed by atoms with Crippen LogP contribution in [0.4, 0.5) is 0 Å². The van der Waals surface area contributed by atoms with E-state index in [-0.39, 0.29) is 5.91 Å². The number of benzene rings is 1. The summed E-state index contributed by atoms with van der Waals surface area (Å²) in [5, 5.41) is 4.95.